The first kappa shape index (κ1) is 24.9. The molecule has 35 heavy (non-hydrogen) atoms. The fourth-order valence-electron chi connectivity index (χ4n) is 3.38. The van der Waals surface area contributed by atoms with Crippen molar-refractivity contribution >= 4 is 43.9 Å². The third-order valence-corrected chi connectivity index (χ3v) is 8.15. The second kappa shape index (κ2) is 10.6. The monoisotopic (exact) mass is 526 g/mol. The zero-order valence-electron chi connectivity index (χ0n) is 19.1. The summed E-state index contributed by atoms with van der Waals surface area (Å²) in [6, 6.07) is 21.2. The zero-order chi connectivity index (χ0) is 25.0. The first-order valence-corrected chi connectivity index (χ1v) is 13.7. The van der Waals surface area contributed by atoms with Crippen LogP contribution in [0.5, 0.6) is 0 Å². The Kier molecular flexibility index (Phi) is 7.54. The van der Waals surface area contributed by atoms with Crippen molar-refractivity contribution in [1.29, 1.82) is 0 Å². The van der Waals surface area contributed by atoms with Crippen LogP contribution in [0, 0.1) is 6.92 Å². The van der Waals surface area contributed by atoms with Crippen LogP contribution in [0.1, 0.15) is 18.1 Å². The molecule has 0 aliphatic carbocycles. The molecule has 0 bridgehead atoms. The van der Waals surface area contributed by atoms with Gasteiger partial charge in [0.25, 0.3) is 0 Å². The summed E-state index contributed by atoms with van der Waals surface area (Å²) in [7, 11) is -3.45. The van der Waals surface area contributed by atoms with E-state index in [2.05, 4.69) is 5.32 Å². The Hall–Kier alpha value is -3.20. The number of amides is 1. The van der Waals surface area contributed by atoms with E-state index in [0.717, 1.165) is 16.7 Å². The summed E-state index contributed by atoms with van der Waals surface area (Å²) in [6.45, 7) is 3.90. The number of benzene rings is 3. The van der Waals surface area contributed by atoms with Crippen LogP contribution in [-0.2, 0) is 20.3 Å². The van der Waals surface area contributed by atoms with Gasteiger partial charge in [-0.15, -0.1) is 0 Å². The molecule has 0 fully saturated rings. The van der Waals surface area contributed by atoms with E-state index in [1.54, 1.807) is 55.5 Å². The molecule has 1 aromatic heterocycles. The SMILES string of the molecule is CCOC(=O)Nc1sc(-c2ccc(CS(=O)(=O)c3ccc(C)cc3)cc2)nc1-c1ccc(Cl)cc1. The number of carbonyl (C=O) groups is 1. The van der Waals surface area contributed by atoms with E-state index in [9.17, 15) is 13.2 Å². The highest BCUT2D eigenvalue weighted by Crippen LogP contribution is 2.38. The van der Waals surface area contributed by atoms with Crippen molar-refractivity contribution in [2.45, 2.75) is 24.5 Å². The van der Waals surface area contributed by atoms with E-state index >= 15 is 0 Å². The Morgan fingerprint density at radius 2 is 1.60 bits per heavy atom. The van der Waals surface area contributed by atoms with Crippen LogP contribution in [0.25, 0.3) is 21.8 Å². The molecule has 6 nitrogen and oxygen atoms in total. The van der Waals surface area contributed by atoms with Crippen molar-refractivity contribution in [2.24, 2.45) is 0 Å². The number of ether oxygens (including phenoxy) is 1. The first-order valence-electron chi connectivity index (χ1n) is 10.8. The molecule has 4 aromatic rings. The highest BCUT2D eigenvalue weighted by atomic mass is 35.5. The highest BCUT2D eigenvalue weighted by Gasteiger charge is 2.18. The third kappa shape index (κ3) is 6.08. The summed E-state index contributed by atoms with van der Waals surface area (Å²) < 4.78 is 30.6. The van der Waals surface area contributed by atoms with E-state index < -0.39 is 15.9 Å². The molecule has 0 atom stereocenters. The molecule has 0 spiro atoms. The van der Waals surface area contributed by atoms with E-state index in [0.29, 0.717) is 31.2 Å². The summed E-state index contributed by atoms with van der Waals surface area (Å²) in [5.74, 6) is -0.0973. The number of thiazole rings is 1. The average Bonchev–Trinajstić information content (AvgIpc) is 3.24. The number of hydrogen-bond acceptors (Lipinski definition) is 6. The van der Waals surface area contributed by atoms with Gasteiger partial charge < -0.3 is 4.74 Å². The summed E-state index contributed by atoms with van der Waals surface area (Å²) in [4.78, 5) is 17.1. The molecule has 0 saturated carbocycles. The van der Waals surface area contributed by atoms with Gasteiger partial charge in [-0.25, -0.2) is 18.2 Å². The second-order valence-electron chi connectivity index (χ2n) is 7.82. The van der Waals surface area contributed by atoms with Gasteiger partial charge in [0.2, 0.25) is 0 Å². The van der Waals surface area contributed by atoms with Crippen LogP contribution in [0.4, 0.5) is 9.80 Å². The maximum atomic E-state index is 12.8. The lowest BCUT2D eigenvalue weighted by Gasteiger charge is -2.06. The Bertz CT molecular complexity index is 1430. The lowest BCUT2D eigenvalue weighted by molar-refractivity contribution is 0.168. The molecular weight excluding hydrogens is 504 g/mol. The minimum Gasteiger partial charge on any atom is -0.450 e. The van der Waals surface area contributed by atoms with Crippen LogP contribution in [-0.4, -0.2) is 26.1 Å². The Balaban J connectivity index is 1.61. The average molecular weight is 527 g/mol. The number of rotatable bonds is 7. The fraction of sp³-hybridized carbons (Fsp3) is 0.154. The van der Waals surface area contributed by atoms with Crippen molar-refractivity contribution in [3.05, 3.63) is 88.9 Å². The Labute approximate surface area is 213 Å². The normalized spacial score (nSPS) is 11.3. The molecule has 9 heteroatoms. The number of carbonyl (C=O) groups excluding carboxylic acids is 1. The third-order valence-electron chi connectivity index (χ3n) is 5.17. The lowest BCUT2D eigenvalue weighted by Crippen LogP contribution is -2.12. The predicted octanol–water partition coefficient (Wildman–Crippen LogP) is 6.98. The first-order chi connectivity index (χ1) is 16.7. The summed E-state index contributed by atoms with van der Waals surface area (Å²) in [6.07, 6.45) is -0.561. The van der Waals surface area contributed by atoms with Gasteiger partial charge in [0.05, 0.1) is 17.3 Å². The van der Waals surface area contributed by atoms with Gasteiger partial charge in [0.1, 0.15) is 15.7 Å². The topological polar surface area (TPSA) is 85.4 Å². The van der Waals surface area contributed by atoms with Crippen molar-refractivity contribution in [1.82, 2.24) is 4.98 Å². The molecule has 0 radical (unpaired) electrons. The van der Waals surface area contributed by atoms with E-state index in [1.807, 2.05) is 31.2 Å². The minimum atomic E-state index is -3.45. The van der Waals surface area contributed by atoms with Gasteiger partial charge in [-0.2, -0.15) is 0 Å². The second-order valence-corrected chi connectivity index (χ2v) is 11.2. The fourth-order valence-corrected chi connectivity index (χ4v) is 5.84. The van der Waals surface area contributed by atoms with Gasteiger partial charge in [0, 0.05) is 16.1 Å². The number of nitrogens with one attached hydrogen (secondary N) is 1. The van der Waals surface area contributed by atoms with E-state index in [-0.39, 0.29) is 12.4 Å². The Morgan fingerprint density at radius 1 is 0.971 bits per heavy atom. The van der Waals surface area contributed by atoms with Gasteiger partial charge >= 0.3 is 6.09 Å². The van der Waals surface area contributed by atoms with Gasteiger partial charge in [0.15, 0.2) is 9.84 Å². The standard InChI is InChI=1S/C26H23ClN2O4S2/c1-3-33-26(30)29-25-23(19-10-12-21(27)13-11-19)28-24(34-25)20-8-6-18(7-9-20)16-35(31,32)22-14-4-17(2)5-15-22/h4-15H,3,16H2,1-2H3,(H,29,30). The maximum Gasteiger partial charge on any atom is 0.412 e. The van der Waals surface area contributed by atoms with Crippen molar-refractivity contribution in [3.8, 4) is 21.8 Å². The van der Waals surface area contributed by atoms with Gasteiger partial charge in [-0.05, 0) is 43.7 Å². The Morgan fingerprint density at radius 3 is 2.23 bits per heavy atom. The molecule has 0 aliphatic rings. The highest BCUT2D eigenvalue weighted by molar-refractivity contribution is 7.90. The zero-order valence-corrected chi connectivity index (χ0v) is 21.5. The molecule has 0 saturated heterocycles. The molecular formula is C26H23ClN2O4S2. The van der Waals surface area contributed by atoms with Crippen LogP contribution < -0.4 is 5.32 Å². The number of aryl methyl sites for hydroxylation is 1. The van der Waals surface area contributed by atoms with Crippen LogP contribution in [0.3, 0.4) is 0 Å². The molecule has 1 heterocycles. The molecule has 3 aromatic carbocycles. The summed E-state index contributed by atoms with van der Waals surface area (Å²) in [5.41, 5.74) is 3.88. The van der Waals surface area contributed by atoms with Crippen molar-refractivity contribution in [2.75, 3.05) is 11.9 Å². The predicted molar refractivity (Wildman–Crippen MR) is 141 cm³/mol. The number of nitrogens with zero attached hydrogens (tertiary/aromatic N) is 1. The van der Waals surface area contributed by atoms with Crippen LogP contribution in [0.15, 0.2) is 77.7 Å². The molecule has 4 rings (SSSR count). The van der Waals surface area contributed by atoms with E-state index in [4.69, 9.17) is 21.3 Å². The van der Waals surface area contributed by atoms with Crippen molar-refractivity contribution < 1.29 is 17.9 Å². The van der Waals surface area contributed by atoms with Crippen LogP contribution >= 0.6 is 22.9 Å². The largest absolute Gasteiger partial charge is 0.450 e. The number of aromatic nitrogens is 1. The lowest BCUT2D eigenvalue weighted by atomic mass is 10.1. The number of hydrogen-bond donors (Lipinski definition) is 1. The van der Waals surface area contributed by atoms with Gasteiger partial charge in [-0.3, -0.25) is 5.32 Å². The molecule has 0 unspecified atom stereocenters. The molecule has 0 aliphatic heterocycles. The minimum absolute atomic E-state index is 0.0973. The maximum absolute atomic E-state index is 12.8. The molecule has 1 amide bonds. The smallest absolute Gasteiger partial charge is 0.412 e. The van der Waals surface area contributed by atoms with E-state index in [1.165, 1.54) is 11.3 Å². The number of anilines is 1. The molecule has 180 valence electrons. The summed E-state index contributed by atoms with van der Waals surface area (Å²) >= 11 is 7.33. The summed E-state index contributed by atoms with van der Waals surface area (Å²) in [5, 5.41) is 4.58. The van der Waals surface area contributed by atoms with Crippen molar-refractivity contribution in [3.63, 3.8) is 0 Å². The van der Waals surface area contributed by atoms with Gasteiger partial charge in [-0.1, -0.05) is 77.0 Å². The quantitative estimate of drug-likeness (QED) is 0.281. The number of halogens is 1. The van der Waals surface area contributed by atoms with Crippen LogP contribution in [0.2, 0.25) is 5.02 Å². The molecule has 1 N–H and O–H groups in total. The number of sulfone groups is 1.